The molecule has 2 aromatic carbocycles. The second-order valence-electron chi connectivity index (χ2n) is 8.89. The van der Waals surface area contributed by atoms with Crippen LogP contribution >= 0.6 is 0 Å². The fraction of sp³-hybridized carbons (Fsp3) is 0.519. The van der Waals surface area contributed by atoms with E-state index in [9.17, 15) is 20.6 Å². The Balaban J connectivity index is 0.00000176. The largest absolute Gasteiger partial charge is 0.394 e. The van der Waals surface area contributed by atoms with E-state index in [1.54, 1.807) is 6.07 Å². The molecule has 0 aromatic heterocycles. The maximum atomic E-state index is 10.1. The highest BCUT2D eigenvalue weighted by atomic mass is 16.5. The Kier molecular flexibility index (Phi) is 9.86. The first kappa shape index (κ1) is 26.0. The van der Waals surface area contributed by atoms with E-state index in [0.717, 1.165) is 23.1 Å². The highest BCUT2D eigenvalue weighted by Crippen LogP contribution is 2.32. The molecule has 1 heterocycles. The zero-order chi connectivity index (χ0) is 23.7. The van der Waals surface area contributed by atoms with E-state index < -0.39 is 11.7 Å². The third-order valence-electron chi connectivity index (χ3n) is 5.65. The van der Waals surface area contributed by atoms with E-state index in [2.05, 4.69) is 30.3 Å². The highest BCUT2D eigenvalue weighted by Gasteiger charge is 2.29. The van der Waals surface area contributed by atoms with Crippen molar-refractivity contribution in [1.29, 1.82) is 5.26 Å². The lowest BCUT2D eigenvalue weighted by molar-refractivity contribution is -0.113. The van der Waals surface area contributed by atoms with Crippen LogP contribution in [0.2, 0.25) is 0 Å². The van der Waals surface area contributed by atoms with Gasteiger partial charge in [0.05, 0.1) is 42.2 Å². The van der Waals surface area contributed by atoms with Crippen LogP contribution in [0.15, 0.2) is 42.5 Å². The number of rotatable bonds is 7. The SMILES string of the molecule is CC.CC(C)(O)CCc1ccc(Cc2cc([C@H]3C[C@@H](O)C[C@@H](CO)O3)ccc2C#N)cc1. The number of aliphatic hydroxyl groups is 3. The number of ether oxygens (including phenoxy) is 1. The number of nitriles is 1. The van der Waals surface area contributed by atoms with Gasteiger partial charge in [-0.25, -0.2) is 0 Å². The Morgan fingerprint density at radius 2 is 1.72 bits per heavy atom. The summed E-state index contributed by atoms with van der Waals surface area (Å²) in [5.41, 5.74) is 4.07. The van der Waals surface area contributed by atoms with Gasteiger partial charge in [0, 0.05) is 12.8 Å². The van der Waals surface area contributed by atoms with E-state index in [4.69, 9.17) is 4.74 Å². The average molecular weight is 440 g/mol. The topological polar surface area (TPSA) is 93.7 Å². The molecule has 0 spiro atoms. The van der Waals surface area contributed by atoms with E-state index in [1.807, 2.05) is 39.8 Å². The van der Waals surface area contributed by atoms with E-state index in [0.29, 0.717) is 31.2 Å². The molecule has 0 saturated carbocycles. The number of aliphatic hydroxyl groups excluding tert-OH is 2. The predicted molar refractivity (Wildman–Crippen MR) is 126 cm³/mol. The number of hydrogen-bond donors (Lipinski definition) is 3. The van der Waals surface area contributed by atoms with Crippen molar-refractivity contribution in [1.82, 2.24) is 0 Å². The molecular formula is C27H37NO4. The molecule has 5 heteroatoms. The van der Waals surface area contributed by atoms with Crippen LogP contribution in [0.25, 0.3) is 0 Å². The van der Waals surface area contributed by atoms with Gasteiger partial charge in [0.25, 0.3) is 0 Å². The third-order valence-corrected chi connectivity index (χ3v) is 5.65. The molecule has 1 aliphatic rings. The number of aryl methyl sites for hydroxylation is 1. The van der Waals surface area contributed by atoms with Crippen LogP contribution in [0.1, 0.15) is 80.9 Å². The van der Waals surface area contributed by atoms with Gasteiger partial charge < -0.3 is 20.1 Å². The molecule has 3 rings (SSSR count). The van der Waals surface area contributed by atoms with Crippen molar-refractivity contribution >= 4 is 0 Å². The summed E-state index contributed by atoms with van der Waals surface area (Å²) in [5.74, 6) is 0. The summed E-state index contributed by atoms with van der Waals surface area (Å²) in [5, 5.41) is 39.0. The summed E-state index contributed by atoms with van der Waals surface area (Å²) in [4.78, 5) is 0. The average Bonchev–Trinajstić information content (AvgIpc) is 2.79. The molecule has 0 unspecified atom stereocenters. The Hall–Kier alpha value is -2.23. The maximum absolute atomic E-state index is 10.1. The Morgan fingerprint density at radius 3 is 2.31 bits per heavy atom. The first-order valence-corrected chi connectivity index (χ1v) is 11.5. The Bertz CT molecular complexity index is 880. The third kappa shape index (κ3) is 7.72. The number of hydrogen-bond acceptors (Lipinski definition) is 5. The van der Waals surface area contributed by atoms with Crippen LogP contribution in [-0.4, -0.2) is 39.7 Å². The van der Waals surface area contributed by atoms with Gasteiger partial charge in [-0.1, -0.05) is 50.2 Å². The van der Waals surface area contributed by atoms with Gasteiger partial charge in [0.15, 0.2) is 0 Å². The van der Waals surface area contributed by atoms with Crippen molar-refractivity contribution in [3.63, 3.8) is 0 Å². The monoisotopic (exact) mass is 439 g/mol. The van der Waals surface area contributed by atoms with Crippen LogP contribution < -0.4 is 0 Å². The zero-order valence-corrected chi connectivity index (χ0v) is 19.7. The molecule has 0 radical (unpaired) electrons. The summed E-state index contributed by atoms with van der Waals surface area (Å²) in [6.45, 7) is 7.52. The molecule has 1 fully saturated rings. The van der Waals surface area contributed by atoms with E-state index >= 15 is 0 Å². The minimum absolute atomic E-state index is 0.115. The van der Waals surface area contributed by atoms with Crippen molar-refractivity contribution in [2.75, 3.05) is 6.61 Å². The fourth-order valence-corrected chi connectivity index (χ4v) is 3.89. The van der Waals surface area contributed by atoms with Crippen molar-refractivity contribution < 1.29 is 20.1 Å². The van der Waals surface area contributed by atoms with E-state index in [-0.39, 0.29) is 18.8 Å². The molecule has 3 atom stereocenters. The molecule has 0 bridgehead atoms. The van der Waals surface area contributed by atoms with Gasteiger partial charge in [0.1, 0.15) is 0 Å². The first-order chi connectivity index (χ1) is 15.3. The summed E-state index contributed by atoms with van der Waals surface area (Å²) in [7, 11) is 0. The van der Waals surface area contributed by atoms with Gasteiger partial charge in [-0.2, -0.15) is 5.26 Å². The molecule has 32 heavy (non-hydrogen) atoms. The second-order valence-corrected chi connectivity index (χ2v) is 8.89. The highest BCUT2D eigenvalue weighted by molar-refractivity contribution is 5.44. The van der Waals surface area contributed by atoms with Crippen LogP contribution in [0, 0.1) is 11.3 Å². The molecular weight excluding hydrogens is 402 g/mol. The van der Waals surface area contributed by atoms with E-state index in [1.165, 1.54) is 5.56 Å². The smallest absolute Gasteiger partial charge is 0.0994 e. The summed E-state index contributed by atoms with van der Waals surface area (Å²) in [6.07, 6.45) is 1.91. The summed E-state index contributed by atoms with van der Waals surface area (Å²) in [6, 6.07) is 16.2. The molecule has 0 aliphatic carbocycles. The number of nitrogens with zero attached hydrogens (tertiary/aromatic N) is 1. The molecule has 0 amide bonds. The lowest BCUT2D eigenvalue weighted by Crippen LogP contribution is -2.33. The lowest BCUT2D eigenvalue weighted by atomic mass is 9.91. The van der Waals surface area contributed by atoms with Crippen LogP contribution in [-0.2, 0) is 17.6 Å². The molecule has 5 nitrogen and oxygen atoms in total. The molecule has 3 N–H and O–H groups in total. The van der Waals surface area contributed by atoms with Crippen molar-refractivity contribution in [2.45, 2.75) is 83.7 Å². The lowest BCUT2D eigenvalue weighted by Gasteiger charge is -2.32. The van der Waals surface area contributed by atoms with Gasteiger partial charge in [-0.15, -0.1) is 0 Å². The second kappa shape index (κ2) is 12.1. The Morgan fingerprint density at radius 1 is 1.06 bits per heavy atom. The van der Waals surface area contributed by atoms with Crippen LogP contribution in [0.3, 0.4) is 0 Å². The number of benzene rings is 2. The molecule has 1 aliphatic heterocycles. The quantitative estimate of drug-likeness (QED) is 0.592. The van der Waals surface area contributed by atoms with Gasteiger partial charge in [-0.3, -0.25) is 0 Å². The molecule has 1 saturated heterocycles. The van der Waals surface area contributed by atoms with Crippen molar-refractivity contribution in [3.05, 3.63) is 70.3 Å². The van der Waals surface area contributed by atoms with Crippen LogP contribution in [0.5, 0.6) is 0 Å². The van der Waals surface area contributed by atoms with Gasteiger partial charge in [-0.05, 0) is 61.4 Å². The van der Waals surface area contributed by atoms with Crippen molar-refractivity contribution in [3.8, 4) is 6.07 Å². The molecule has 174 valence electrons. The Labute approximate surface area is 192 Å². The fourth-order valence-electron chi connectivity index (χ4n) is 3.89. The zero-order valence-electron chi connectivity index (χ0n) is 19.7. The normalized spacial score (nSPS) is 20.8. The summed E-state index contributed by atoms with van der Waals surface area (Å²) < 4.78 is 5.93. The van der Waals surface area contributed by atoms with Crippen LogP contribution in [0.4, 0.5) is 0 Å². The first-order valence-electron chi connectivity index (χ1n) is 11.5. The minimum atomic E-state index is -0.676. The van der Waals surface area contributed by atoms with Crippen molar-refractivity contribution in [2.24, 2.45) is 0 Å². The standard InChI is InChI=1S/C25H31NO4.C2H6/c1-25(2,29)10-9-17-3-5-18(6-4-17)11-21-12-19(7-8-20(21)15-26)24-14-22(28)13-23(16-27)30-24;1-2/h3-8,12,22-24,27-29H,9-11,13-14,16H2,1-2H3;1-2H3/t22-,23-,24+;/m0./s1. The molecule has 2 aromatic rings. The van der Waals surface area contributed by atoms with Gasteiger partial charge >= 0.3 is 0 Å². The maximum Gasteiger partial charge on any atom is 0.0994 e. The van der Waals surface area contributed by atoms with Gasteiger partial charge in [0.2, 0.25) is 0 Å². The summed E-state index contributed by atoms with van der Waals surface area (Å²) >= 11 is 0. The predicted octanol–water partition coefficient (Wildman–Crippen LogP) is 4.45. The minimum Gasteiger partial charge on any atom is -0.394 e.